The quantitative estimate of drug-likeness (QED) is 0.827. The average Bonchev–Trinajstić information content (AvgIpc) is 2.27. The van der Waals surface area contributed by atoms with Gasteiger partial charge in [-0.3, -0.25) is 9.11 Å². The van der Waals surface area contributed by atoms with Crippen LogP contribution in [0.25, 0.3) is 0 Å². The molecule has 3 nitrogen and oxygen atoms in total. The summed E-state index contributed by atoms with van der Waals surface area (Å²) in [6.07, 6.45) is 8.44. The van der Waals surface area contributed by atoms with Crippen molar-refractivity contribution in [2.45, 2.75) is 70.1 Å². The van der Waals surface area contributed by atoms with E-state index in [4.69, 9.17) is 0 Å². The Balaban J connectivity index is 2.01. The molecule has 0 radical (unpaired) electrons. The van der Waals surface area contributed by atoms with E-state index in [1.807, 2.05) is 6.26 Å². The van der Waals surface area contributed by atoms with Crippen molar-refractivity contribution < 1.29 is 4.21 Å². The molecule has 106 valence electrons. The molecule has 0 amide bonds. The van der Waals surface area contributed by atoms with Crippen molar-refractivity contribution in [3.05, 3.63) is 0 Å². The minimum atomic E-state index is -0.675. The number of fused-ring (bicyclic) bond motifs is 2. The van der Waals surface area contributed by atoms with Crippen molar-refractivity contribution in [1.29, 1.82) is 0 Å². The zero-order chi connectivity index (χ0) is 13.1. The van der Waals surface area contributed by atoms with E-state index in [0.29, 0.717) is 12.1 Å². The molecule has 0 aromatic carbocycles. The standard InChI is InChI=1S/C14H28N2OS/c1-4-15-12-8-13-6-5-7-14(9-12)16(13)11(2)10-18(3)17/h11-15H,4-10H2,1-3H3. The molecule has 4 unspecified atom stereocenters. The fourth-order valence-electron chi connectivity index (χ4n) is 4.02. The summed E-state index contributed by atoms with van der Waals surface area (Å²) in [5, 5.41) is 3.63. The van der Waals surface area contributed by atoms with Crippen molar-refractivity contribution >= 4 is 10.8 Å². The molecule has 4 atom stereocenters. The first-order chi connectivity index (χ1) is 8.61. The molecule has 4 heteroatoms. The lowest BCUT2D eigenvalue weighted by atomic mass is 9.81. The number of hydrogen-bond donors (Lipinski definition) is 1. The topological polar surface area (TPSA) is 32.3 Å². The van der Waals surface area contributed by atoms with E-state index in [1.54, 1.807) is 0 Å². The molecule has 2 fully saturated rings. The Labute approximate surface area is 114 Å². The number of hydrogen-bond acceptors (Lipinski definition) is 3. The lowest BCUT2D eigenvalue weighted by Crippen LogP contribution is -2.59. The Morgan fingerprint density at radius 1 is 1.33 bits per heavy atom. The molecule has 0 spiro atoms. The molecule has 2 aliphatic rings. The van der Waals surface area contributed by atoms with Crippen molar-refractivity contribution in [2.75, 3.05) is 18.6 Å². The van der Waals surface area contributed by atoms with E-state index in [2.05, 4.69) is 24.1 Å². The molecular weight excluding hydrogens is 244 g/mol. The molecule has 2 rings (SSSR count). The van der Waals surface area contributed by atoms with Crippen molar-refractivity contribution in [2.24, 2.45) is 0 Å². The first kappa shape index (κ1) is 14.5. The summed E-state index contributed by atoms with van der Waals surface area (Å²) in [4.78, 5) is 2.69. The largest absolute Gasteiger partial charge is 0.314 e. The van der Waals surface area contributed by atoms with Gasteiger partial charge >= 0.3 is 0 Å². The summed E-state index contributed by atoms with van der Waals surface area (Å²) >= 11 is 0. The van der Waals surface area contributed by atoms with E-state index in [-0.39, 0.29) is 0 Å². The first-order valence-corrected chi connectivity index (χ1v) is 9.15. The summed E-state index contributed by atoms with van der Waals surface area (Å²) in [6, 6.07) is 2.63. The second-order valence-electron chi connectivity index (χ2n) is 6.00. The molecule has 2 saturated heterocycles. The Kier molecular flexibility index (Phi) is 5.22. The number of nitrogens with zero attached hydrogens (tertiary/aromatic N) is 1. The van der Waals surface area contributed by atoms with Crippen LogP contribution in [0, 0.1) is 0 Å². The average molecular weight is 272 g/mol. The fourth-order valence-corrected chi connectivity index (χ4v) is 4.87. The monoisotopic (exact) mass is 272 g/mol. The highest BCUT2D eigenvalue weighted by Gasteiger charge is 2.40. The number of nitrogens with one attached hydrogen (secondary N) is 1. The predicted octanol–water partition coefficient (Wildman–Crippen LogP) is 1.75. The van der Waals surface area contributed by atoms with Gasteiger partial charge in [-0.1, -0.05) is 13.3 Å². The van der Waals surface area contributed by atoms with Crippen molar-refractivity contribution in [3.8, 4) is 0 Å². The Hall–Kier alpha value is 0.0700. The second kappa shape index (κ2) is 6.49. The predicted molar refractivity (Wildman–Crippen MR) is 78.4 cm³/mol. The maximum absolute atomic E-state index is 11.5. The smallest absolute Gasteiger partial charge is 0.0385 e. The van der Waals surface area contributed by atoms with E-state index in [9.17, 15) is 4.21 Å². The van der Waals surface area contributed by atoms with Gasteiger partial charge in [0.2, 0.25) is 0 Å². The Morgan fingerprint density at radius 3 is 2.44 bits per heavy atom. The first-order valence-electron chi connectivity index (χ1n) is 7.42. The van der Waals surface area contributed by atoms with Crippen LogP contribution in [0.2, 0.25) is 0 Å². The summed E-state index contributed by atoms with van der Waals surface area (Å²) in [7, 11) is -0.675. The molecule has 0 aromatic rings. The third-order valence-corrected chi connectivity index (χ3v) is 5.46. The van der Waals surface area contributed by atoms with Crippen LogP contribution in [-0.2, 0) is 10.8 Å². The Morgan fingerprint density at radius 2 is 1.94 bits per heavy atom. The Bertz CT molecular complexity index is 284. The minimum Gasteiger partial charge on any atom is -0.314 e. The van der Waals surface area contributed by atoms with Crippen LogP contribution in [-0.4, -0.2) is 51.8 Å². The lowest BCUT2D eigenvalue weighted by Gasteiger charge is -2.51. The fraction of sp³-hybridized carbons (Fsp3) is 1.00. The van der Waals surface area contributed by atoms with Crippen LogP contribution in [0.15, 0.2) is 0 Å². The minimum absolute atomic E-state index is 0.480. The van der Waals surface area contributed by atoms with Gasteiger partial charge in [-0.25, -0.2) is 0 Å². The SMILES string of the molecule is CCNC1CC2CCCC(C1)N2C(C)CS(C)=O. The molecule has 0 aromatic heterocycles. The van der Waals surface area contributed by atoms with Crippen LogP contribution >= 0.6 is 0 Å². The van der Waals surface area contributed by atoms with Crippen LogP contribution in [0.4, 0.5) is 0 Å². The molecule has 2 heterocycles. The van der Waals surface area contributed by atoms with E-state index in [1.165, 1.54) is 32.1 Å². The summed E-state index contributed by atoms with van der Waals surface area (Å²) < 4.78 is 11.5. The number of piperidine rings is 2. The molecule has 0 aliphatic carbocycles. The van der Waals surface area contributed by atoms with Crippen molar-refractivity contribution in [3.63, 3.8) is 0 Å². The normalized spacial score (nSPS) is 36.3. The van der Waals surface area contributed by atoms with Gasteiger partial charge in [0.1, 0.15) is 0 Å². The van der Waals surface area contributed by atoms with Gasteiger partial charge in [0.05, 0.1) is 0 Å². The van der Waals surface area contributed by atoms with Gasteiger partial charge in [0, 0.05) is 47.0 Å². The van der Waals surface area contributed by atoms with Crippen LogP contribution in [0.1, 0.15) is 46.0 Å². The lowest BCUT2D eigenvalue weighted by molar-refractivity contribution is 0.00170. The summed E-state index contributed by atoms with van der Waals surface area (Å²) in [6.45, 7) is 5.55. The molecule has 2 bridgehead atoms. The van der Waals surface area contributed by atoms with Gasteiger partial charge in [-0.15, -0.1) is 0 Å². The summed E-state index contributed by atoms with van der Waals surface area (Å²) in [5.41, 5.74) is 0. The van der Waals surface area contributed by atoms with Crippen LogP contribution in [0.5, 0.6) is 0 Å². The maximum Gasteiger partial charge on any atom is 0.0385 e. The van der Waals surface area contributed by atoms with E-state index >= 15 is 0 Å². The van der Waals surface area contributed by atoms with Gasteiger partial charge in [-0.2, -0.15) is 0 Å². The highest BCUT2D eigenvalue weighted by Crippen LogP contribution is 2.35. The van der Waals surface area contributed by atoms with Gasteiger partial charge in [0.25, 0.3) is 0 Å². The van der Waals surface area contributed by atoms with E-state index in [0.717, 1.165) is 24.4 Å². The highest BCUT2D eigenvalue weighted by atomic mass is 32.2. The van der Waals surface area contributed by atoms with Crippen LogP contribution < -0.4 is 5.32 Å². The molecule has 2 aliphatic heterocycles. The van der Waals surface area contributed by atoms with Gasteiger partial charge in [-0.05, 0) is 39.2 Å². The molecule has 0 saturated carbocycles. The third kappa shape index (κ3) is 3.34. The van der Waals surface area contributed by atoms with Crippen molar-refractivity contribution in [1.82, 2.24) is 10.2 Å². The number of rotatable bonds is 5. The molecular formula is C14H28N2OS. The van der Waals surface area contributed by atoms with Gasteiger partial charge in [0.15, 0.2) is 0 Å². The zero-order valence-electron chi connectivity index (χ0n) is 12.0. The molecule has 18 heavy (non-hydrogen) atoms. The van der Waals surface area contributed by atoms with Crippen LogP contribution in [0.3, 0.4) is 0 Å². The van der Waals surface area contributed by atoms with Gasteiger partial charge < -0.3 is 5.32 Å². The summed E-state index contributed by atoms with van der Waals surface area (Å²) in [5.74, 6) is 0.832. The third-order valence-electron chi connectivity index (χ3n) is 4.51. The zero-order valence-corrected chi connectivity index (χ0v) is 12.8. The maximum atomic E-state index is 11.5. The highest BCUT2D eigenvalue weighted by molar-refractivity contribution is 7.84. The second-order valence-corrected chi connectivity index (χ2v) is 7.48. The van der Waals surface area contributed by atoms with E-state index < -0.39 is 10.8 Å². The molecule has 1 N–H and O–H groups in total.